The second-order valence-corrected chi connectivity index (χ2v) is 6.12. The minimum atomic E-state index is -0.809. The lowest BCUT2D eigenvalue weighted by molar-refractivity contribution is -0.121. The zero-order valence-electron chi connectivity index (χ0n) is 15.0. The number of amides is 4. The molecule has 0 aliphatic rings. The molecule has 1 unspecified atom stereocenters. The molecule has 2 aromatic rings. The molecule has 0 aliphatic heterocycles. The summed E-state index contributed by atoms with van der Waals surface area (Å²) in [6, 6.07) is 12.5. The molecule has 4 N–H and O–H groups in total. The van der Waals surface area contributed by atoms with Gasteiger partial charge in [-0.05, 0) is 30.7 Å². The van der Waals surface area contributed by atoms with Gasteiger partial charge in [-0.25, -0.2) is 4.79 Å². The average molecular weight is 389 g/mol. The molecule has 27 heavy (non-hydrogen) atoms. The van der Waals surface area contributed by atoms with Gasteiger partial charge < -0.3 is 16.0 Å². The highest BCUT2D eigenvalue weighted by Crippen LogP contribution is 2.28. The molecule has 0 radical (unpaired) electrons. The van der Waals surface area contributed by atoms with E-state index in [9.17, 15) is 14.4 Å². The normalized spacial score (nSPS) is 11.2. The van der Waals surface area contributed by atoms with Gasteiger partial charge in [0.15, 0.2) is 0 Å². The molecular formula is C19H21ClN4O3. The van der Waals surface area contributed by atoms with Crippen molar-refractivity contribution in [2.75, 3.05) is 17.2 Å². The number of halogens is 1. The molecule has 0 saturated carbocycles. The largest absolute Gasteiger partial charge is 0.370 e. The zero-order valence-corrected chi connectivity index (χ0v) is 15.8. The van der Waals surface area contributed by atoms with E-state index in [4.69, 9.17) is 11.6 Å². The third-order valence-electron chi connectivity index (χ3n) is 3.56. The van der Waals surface area contributed by atoms with Gasteiger partial charge in [0, 0.05) is 19.2 Å². The van der Waals surface area contributed by atoms with Crippen LogP contribution in [0.3, 0.4) is 0 Å². The lowest BCUT2D eigenvalue weighted by atomic mass is 10.1. The summed E-state index contributed by atoms with van der Waals surface area (Å²) in [5.74, 6) is -0.740. The average Bonchev–Trinajstić information content (AvgIpc) is 2.62. The van der Waals surface area contributed by atoms with Gasteiger partial charge >= 0.3 is 6.03 Å². The van der Waals surface area contributed by atoms with E-state index >= 15 is 0 Å². The molecule has 7 nitrogen and oxygen atoms in total. The van der Waals surface area contributed by atoms with Crippen LogP contribution < -0.4 is 21.3 Å². The number of imide groups is 1. The van der Waals surface area contributed by atoms with Crippen molar-refractivity contribution in [3.8, 4) is 0 Å². The van der Waals surface area contributed by atoms with Gasteiger partial charge in [-0.2, -0.15) is 0 Å². The van der Waals surface area contributed by atoms with Crippen LogP contribution in [0.4, 0.5) is 16.2 Å². The number of hydrogen-bond donors (Lipinski definition) is 4. The van der Waals surface area contributed by atoms with Gasteiger partial charge in [0.25, 0.3) is 5.91 Å². The molecule has 0 aliphatic carbocycles. The highest BCUT2D eigenvalue weighted by molar-refractivity contribution is 6.34. The van der Waals surface area contributed by atoms with Crippen molar-refractivity contribution in [1.82, 2.24) is 10.6 Å². The number of carbonyl (C=O) groups is 3. The number of anilines is 2. The van der Waals surface area contributed by atoms with Gasteiger partial charge in [0.05, 0.1) is 10.7 Å². The summed E-state index contributed by atoms with van der Waals surface area (Å²) >= 11 is 6.19. The Bertz CT molecular complexity index is 827. The second-order valence-electron chi connectivity index (χ2n) is 5.71. The Morgan fingerprint density at radius 1 is 1.07 bits per heavy atom. The maximum absolute atomic E-state index is 12.6. The van der Waals surface area contributed by atoms with Crippen molar-refractivity contribution in [2.24, 2.45) is 0 Å². The first-order chi connectivity index (χ1) is 12.9. The molecule has 0 saturated heterocycles. The Balaban J connectivity index is 2.24. The molecule has 0 bridgehead atoms. The predicted molar refractivity (Wildman–Crippen MR) is 106 cm³/mol. The number of carbonyl (C=O) groups excluding carboxylic acids is 3. The van der Waals surface area contributed by atoms with Crippen LogP contribution in [-0.4, -0.2) is 24.4 Å². The Morgan fingerprint density at radius 2 is 1.78 bits per heavy atom. The van der Waals surface area contributed by atoms with Crippen LogP contribution in [0.25, 0.3) is 0 Å². The Morgan fingerprint density at radius 3 is 2.37 bits per heavy atom. The van der Waals surface area contributed by atoms with Crippen molar-refractivity contribution < 1.29 is 14.4 Å². The van der Waals surface area contributed by atoms with E-state index in [2.05, 4.69) is 21.3 Å². The maximum atomic E-state index is 12.6. The quantitative estimate of drug-likeness (QED) is 0.610. The summed E-state index contributed by atoms with van der Waals surface area (Å²) in [7, 11) is 0. The third kappa shape index (κ3) is 6.00. The first kappa shape index (κ1) is 20.3. The molecule has 0 aromatic heterocycles. The van der Waals surface area contributed by atoms with Crippen molar-refractivity contribution in [1.29, 1.82) is 0 Å². The van der Waals surface area contributed by atoms with Gasteiger partial charge in [0.2, 0.25) is 5.91 Å². The third-order valence-corrected chi connectivity index (χ3v) is 3.87. The fourth-order valence-corrected chi connectivity index (χ4v) is 2.62. The van der Waals surface area contributed by atoms with E-state index in [1.807, 2.05) is 6.07 Å². The Labute approximate surface area is 162 Å². The van der Waals surface area contributed by atoms with Gasteiger partial charge in [-0.1, -0.05) is 41.9 Å². The smallest absolute Gasteiger partial charge is 0.321 e. The van der Waals surface area contributed by atoms with E-state index in [-0.39, 0.29) is 5.91 Å². The standard InChI is InChI=1S/C19H21ClN4O3/c1-3-21-19(27)24-18(26)17(13-7-5-4-6-8-13)23-14-9-10-16(15(20)11-14)22-12(2)25/h4-11,17,23H,3H2,1-2H3,(H,22,25)(H2,21,24,26,27). The Kier molecular flexibility index (Phi) is 7.19. The predicted octanol–water partition coefficient (Wildman–Crippen LogP) is 3.30. The van der Waals surface area contributed by atoms with Crippen LogP contribution in [0.5, 0.6) is 0 Å². The number of benzene rings is 2. The van der Waals surface area contributed by atoms with E-state index < -0.39 is 18.0 Å². The highest BCUT2D eigenvalue weighted by Gasteiger charge is 2.22. The SMILES string of the molecule is CCNC(=O)NC(=O)C(Nc1ccc(NC(C)=O)c(Cl)c1)c1ccccc1. The molecule has 2 rings (SSSR count). The minimum Gasteiger partial charge on any atom is -0.370 e. The highest BCUT2D eigenvalue weighted by atomic mass is 35.5. The van der Waals surface area contributed by atoms with E-state index in [1.165, 1.54) is 6.92 Å². The molecule has 142 valence electrons. The van der Waals surface area contributed by atoms with E-state index in [1.54, 1.807) is 49.4 Å². The van der Waals surface area contributed by atoms with E-state index in [0.29, 0.717) is 28.5 Å². The maximum Gasteiger partial charge on any atom is 0.321 e. The van der Waals surface area contributed by atoms with E-state index in [0.717, 1.165) is 0 Å². The molecule has 2 aromatic carbocycles. The summed E-state index contributed by atoms with van der Waals surface area (Å²) < 4.78 is 0. The summed E-state index contributed by atoms with van der Waals surface area (Å²) in [5, 5.41) is 10.8. The van der Waals surface area contributed by atoms with Gasteiger partial charge in [-0.3, -0.25) is 14.9 Å². The van der Waals surface area contributed by atoms with Gasteiger partial charge in [-0.15, -0.1) is 0 Å². The number of hydrogen-bond acceptors (Lipinski definition) is 4. The van der Waals surface area contributed by atoms with Crippen LogP contribution in [0.2, 0.25) is 5.02 Å². The molecule has 0 heterocycles. The van der Waals surface area contributed by atoms with Crippen molar-refractivity contribution >= 4 is 40.8 Å². The summed E-state index contributed by atoms with van der Waals surface area (Å²) in [6.45, 7) is 3.55. The zero-order chi connectivity index (χ0) is 19.8. The topological polar surface area (TPSA) is 99.3 Å². The van der Waals surface area contributed by atoms with Crippen molar-refractivity contribution in [3.63, 3.8) is 0 Å². The fourth-order valence-electron chi connectivity index (χ4n) is 2.40. The van der Waals surface area contributed by atoms with Crippen LogP contribution in [0.15, 0.2) is 48.5 Å². The van der Waals surface area contributed by atoms with Gasteiger partial charge in [0.1, 0.15) is 6.04 Å². The fraction of sp³-hybridized carbons (Fsp3) is 0.211. The summed E-state index contributed by atoms with van der Waals surface area (Å²) in [5.41, 5.74) is 1.72. The monoisotopic (exact) mass is 388 g/mol. The Hall–Kier alpha value is -3.06. The first-order valence-corrected chi connectivity index (χ1v) is 8.75. The summed E-state index contributed by atoms with van der Waals surface area (Å²) in [6.07, 6.45) is 0. The summed E-state index contributed by atoms with van der Waals surface area (Å²) in [4.78, 5) is 35.5. The van der Waals surface area contributed by atoms with Crippen molar-refractivity contribution in [3.05, 3.63) is 59.1 Å². The molecule has 8 heteroatoms. The number of rotatable bonds is 6. The van der Waals surface area contributed by atoms with Crippen LogP contribution in [0, 0.1) is 0 Å². The van der Waals surface area contributed by atoms with Crippen LogP contribution >= 0.6 is 11.6 Å². The van der Waals surface area contributed by atoms with Crippen molar-refractivity contribution in [2.45, 2.75) is 19.9 Å². The van der Waals surface area contributed by atoms with Crippen LogP contribution in [-0.2, 0) is 9.59 Å². The number of nitrogens with one attached hydrogen (secondary N) is 4. The second kappa shape index (κ2) is 9.59. The molecule has 1 atom stereocenters. The lowest BCUT2D eigenvalue weighted by Gasteiger charge is -2.20. The van der Waals surface area contributed by atoms with Crippen LogP contribution in [0.1, 0.15) is 25.5 Å². The molecular weight excluding hydrogens is 368 g/mol. The minimum absolute atomic E-state index is 0.235. The first-order valence-electron chi connectivity index (χ1n) is 8.38. The number of urea groups is 1. The molecule has 0 fully saturated rings. The molecule has 4 amide bonds. The lowest BCUT2D eigenvalue weighted by Crippen LogP contribution is -2.43. The molecule has 0 spiro atoms.